The van der Waals surface area contributed by atoms with Crippen LogP contribution in [-0.2, 0) is 14.4 Å². The third-order valence-corrected chi connectivity index (χ3v) is 10.1. The number of non-ortho nitro benzene ring substituents is 1. The van der Waals surface area contributed by atoms with Crippen molar-refractivity contribution in [1.82, 2.24) is 4.98 Å². The number of thioether (sulfide) groups is 1. The van der Waals surface area contributed by atoms with E-state index in [0.717, 1.165) is 28.0 Å². The first-order valence-electron chi connectivity index (χ1n) is 13.0. The van der Waals surface area contributed by atoms with Gasteiger partial charge in [-0.1, -0.05) is 39.0 Å². The van der Waals surface area contributed by atoms with Crippen LogP contribution in [0.2, 0.25) is 0 Å². The Morgan fingerprint density at radius 3 is 2.48 bits per heavy atom. The topological polar surface area (TPSA) is 161 Å². The van der Waals surface area contributed by atoms with E-state index < -0.39 is 39.7 Å². The first-order chi connectivity index (χ1) is 21.1. The van der Waals surface area contributed by atoms with Crippen LogP contribution in [-0.4, -0.2) is 46.6 Å². The van der Waals surface area contributed by atoms with E-state index in [1.165, 1.54) is 24.3 Å². The molecule has 44 heavy (non-hydrogen) atoms. The van der Waals surface area contributed by atoms with Crippen molar-refractivity contribution >= 4 is 73.8 Å². The fourth-order valence-corrected chi connectivity index (χ4v) is 8.12. The summed E-state index contributed by atoms with van der Waals surface area (Å²) >= 11 is 5.53. The highest BCUT2D eigenvalue weighted by Gasteiger charge is 2.57. The van der Waals surface area contributed by atoms with E-state index in [0.29, 0.717) is 37.1 Å². The SMILES string of the molecule is COc1ccc(NC(=O)COc2ccc(Br)cc2[C@@H]2c3sc(=O)[nH]c3S[C@H]3C(=O)N(c4ccc([N+](=O)[O-])cc4)C(=O)[C@@H]23)cc1. The van der Waals surface area contributed by atoms with Gasteiger partial charge < -0.3 is 19.8 Å². The normalized spacial score (nSPS) is 18.9. The third-order valence-electron chi connectivity index (χ3n) is 7.18. The fourth-order valence-electron chi connectivity index (χ4n) is 5.24. The maximum Gasteiger partial charge on any atom is 0.305 e. The summed E-state index contributed by atoms with van der Waals surface area (Å²) in [7, 11) is 1.54. The molecule has 0 saturated carbocycles. The predicted molar refractivity (Wildman–Crippen MR) is 167 cm³/mol. The Kier molecular flexibility index (Phi) is 8.00. The van der Waals surface area contributed by atoms with Gasteiger partial charge in [-0.3, -0.25) is 29.3 Å². The van der Waals surface area contributed by atoms with E-state index in [1.807, 2.05) is 0 Å². The van der Waals surface area contributed by atoms with Crippen molar-refractivity contribution in [3.05, 3.63) is 101 Å². The number of ether oxygens (including phenoxy) is 2. The number of nitro benzene ring substituents is 1. The number of benzene rings is 3. The Bertz CT molecular complexity index is 1860. The average Bonchev–Trinajstić information content (AvgIpc) is 3.50. The first kappa shape index (κ1) is 29.6. The van der Waals surface area contributed by atoms with Crippen molar-refractivity contribution < 1.29 is 28.8 Å². The number of hydrogen-bond donors (Lipinski definition) is 2. The molecule has 2 aliphatic heterocycles. The second-order valence-electron chi connectivity index (χ2n) is 9.78. The second kappa shape index (κ2) is 11.9. The molecular formula is C29H21BrN4O8S2. The van der Waals surface area contributed by atoms with Crippen LogP contribution in [0.25, 0.3) is 0 Å². The largest absolute Gasteiger partial charge is 0.497 e. The molecule has 0 spiro atoms. The number of aromatic amines is 1. The number of nitro groups is 1. The monoisotopic (exact) mass is 696 g/mol. The molecule has 0 aliphatic carbocycles. The molecule has 0 bridgehead atoms. The van der Waals surface area contributed by atoms with E-state index in [2.05, 4.69) is 26.2 Å². The summed E-state index contributed by atoms with van der Waals surface area (Å²) in [5.74, 6) is -2.19. The van der Waals surface area contributed by atoms with Gasteiger partial charge in [-0.25, -0.2) is 4.90 Å². The molecule has 6 rings (SSSR count). The number of H-pyrrole nitrogens is 1. The Morgan fingerprint density at radius 1 is 1.07 bits per heavy atom. The lowest BCUT2D eigenvalue weighted by Crippen LogP contribution is -2.32. The van der Waals surface area contributed by atoms with Crippen LogP contribution >= 0.6 is 39.0 Å². The summed E-state index contributed by atoms with van der Waals surface area (Å²) in [5, 5.41) is 13.5. The third kappa shape index (κ3) is 5.49. The number of imide groups is 1. The van der Waals surface area contributed by atoms with Crippen LogP contribution in [0.15, 0.2) is 81.0 Å². The van der Waals surface area contributed by atoms with E-state index in [-0.39, 0.29) is 22.9 Å². The van der Waals surface area contributed by atoms with Gasteiger partial charge in [-0.05, 0) is 54.6 Å². The number of rotatable bonds is 8. The molecule has 12 nitrogen and oxygen atoms in total. The first-order valence-corrected chi connectivity index (χ1v) is 15.5. The highest BCUT2D eigenvalue weighted by atomic mass is 79.9. The molecule has 2 aliphatic rings. The molecule has 3 heterocycles. The molecular weight excluding hydrogens is 676 g/mol. The van der Waals surface area contributed by atoms with Crippen molar-refractivity contribution in [2.24, 2.45) is 5.92 Å². The van der Waals surface area contributed by atoms with Crippen molar-refractivity contribution in [1.29, 1.82) is 0 Å². The molecule has 0 unspecified atom stereocenters. The molecule has 3 amide bonds. The summed E-state index contributed by atoms with van der Waals surface area (Å²) < 4.78 is 11.8. The minimum Gasteiger partial charge on any atom is -0.497 e. The number of hydrogen-bond acceptors (Lipinski definition) is 10. The minimum absolute atomic E-state index is 0.177. The average molecular weight is 698 g/mol. The molecule has 1 saturated heterocycles. The number of methoxy groups -OCH3 is 1. The van der Waals surface area contributed by atoms with Crippen LogP contribution in [0.4, 0.5) is 17.1 Å². The lowest BCUT2D eigenvalue weighted by Gasteiger charge is -2.31. The highest BCUT2D eigenvalue weighted by Crippen LogP contribution is 2.54. The highest BCUT2D eigenvalue weighted by molar-refractivity contribution is 9.10. The van der Waals surface area contributed by atoms with E-state index >= 15 is 0 Å². The summed E-state index contributed by atoms with van der Waals surface area (Å²) in [5.41, 5.74) is 1.09. The molecule has 1 aromatic heterocycles. The van der Waals surface area contributed by atoms with Gasteiger partial charge in [-0.2, -0.15) is 0 Å². The van der Waals surface area contributed by atoms with Crippen LogP contribution < -0.4 is 24.6 Å². The van der Waals surface area contributed by atoms with Crippen molar-refractivity contribution in [2.45, 2.75) is 16.2 Å². The zero-order chi connectivity index (χ0) is 31.1. The number of fused-ring (bicyclic) bond motifs is 2. The molecule has 3 aromatic carbocycles. The van der Waals surface area contributed by atoms with Crippen molar-refractivity contribution in [2.75, 3.05) is 23.9 Å². The van der Waals surface area contributed by atoms with Crippen molar-refractivity contribution in [3.8, 4) is 11.5 Å². The maximum atomic E-state index is 14.0. The zero-order valence-corrected chi connectivity index (χ0v) is 25.9. The minimum atomic E-state index is -0.925. The Morgan fingerprint density at radius 2 is 1.80 bits per heavy atom. The predicted octanol–water partition coefficient (Wildman–Crippen LogP) is 4.93. The van der Waals surface area contributed by atoms with E-state index in [1.54, 1.807) is 49.6 Å². The van der Waals surface area contributed by atoms with Crippen LogP contribution in [0, 0.1) is 16.0 Å². The Labute approximate surface area is 265 Å². The van der Waals surface area contributed by atoms with E-state index in [4.69, 9.17) is 9.47 Å². The summed E-state index contributed by atoms with van der Waals surface area (Å²) in [6.45, 7) is -0.353. The van der Waals surface area contributed by atoms with Gasteiger partial charge >= 0.3 is 4.87 Å². The lowest BCUT2D eigenvalue weighted by molar-refractivity contribution is -0.384. The van der Waals surface area contributed by atoms with Gasteiger partial charge in [0, 0.05) is 38.7 Å². The molecule has 15 heteroatoms. The number of nitrogens with zero attached hydrogens (tertiary/aromatic N) is 2. The fraction of sp³-hybridized carbons (Fsp3) is 0.172. The standard InChI is InChI=1S/C29H21BrN4O8S2/c1-41-18-9-3-15(4-10-18)31-21(35)13-42-20-11-2-14(30)12-19(20)22-23-25(43-26-24(22)44-29(38)32-26)28(37)33(27(23)36)16-5-7-17(8-6-16)34(39)40/h2-12,22-23,25H,13H2,1H3,(H,31,35)(H,32,38)/t22-,23-,25+/m0/s1. The lowest BCUT2D eigenvalue weighted by atomic mass is 9.82. The Hall–Kier alpha value is -4.47. The number of halogens is 1. The number of thiazole rings is 1. The van der Waals surface area contributed by atoms with Gasteiger partial charge in [0.2, 0.25) is 11.8 Å². The van der Waals surface area contributed by atoms with Crippen molar-refractivity contribution in [3.63, 3.8) is 0 Å². The summed E-state index contributed by atoms with van der Waals surface area (Å²) in [6.07, 6.45) is 0. The van der Waals surface area contributed by atoms with Crippen LogP contribution in [0.3, 0.4) is 0 Å². The van der Waals surface area contributed by atoms with Gasteiger partial charge in [0.1, 0.15) is 16.7 Å². The van der Waals surface area contributed by atoms with Gasteiger partial charge in [0.05, 0.1) is 28.7 Å². The number of nitrogens with one attached hydrogen (secondary N) is 2. The zero-order valence-electron chi connectivity index (χ0n) is 22.6. The smallest absolute Gasteiger partial charge is 0.305 e. The summed E-state index contributed by atoms with van der Waals surface area (Å²) in [4.78, 5) is 67.6. The van der Waals surface area contributed by atoms with E-state index in [9.17, 15) is 29.3 Å². The molecule has 2 N–H and O–H groups in total. The van der Waals surface area contributed by atoms with Crippen LogP contribution in [0.1, 0.15) is 16.4 Å². The summed E-state index contributed by atoms with van der Waals surface area (Å²) in [6, 6.07) is 17.1. The number of carbonyl (C=O) groups is 3. The van der Waals surface area contributed by atoms with Crippen LogP contribution in [0.5, 0.6) is 11.5 Å². The molecule has 0 radical (unpaired) electrons. The Balaban J connectivity index is 1.33. The van der Waals surface area contributed by atoms with Gasteiger partial charge in [-0.15, -0.1) is 0 Å². The second-order valence-corrected chi connectivity index (χ2v) is 12.9. The molecule has 4 aromatic rings. The molecule has 224 valence electrons. The van der Waals surface area contributed by atoms with Gasteiger partial charge in [0.15, 0.2) is 6.61 Å². The number of carbonyl (C=O) groups excluding carboxylic acids is 3. The molecule has 3 atom stereocenters. The molecule has 1 fully saturated rings. The number of anilines is 2. The quantitative estimate of drug-likeness (QED) is 0.148. The number of amides is 3. The maximum absolute atomic E-state index is 14.0. The van der Waals surface area contributed by atoms with Gasteiger partial charge in [0.25, 0.3) is 11.6 Å². The number of aromatic nitrogens is 1.